The highest BCUT2D eigenvalue weighted by atomic mass is 16.2. The molecule has 1 aliphatic heterocycles. The molecule has 0 spiro atoms. The van der Waals surface area contributed by atoms with Crippen LogP contribution < -0.4 is 15.5 Å². The van der Waals surface area contributed by atoms with Gasteiger partial charge >= 0.3 is 0 Å². The Balaban J connectivity index is 1.64. The second kappa shape index (κ2) is 9.79. The van der Waals surface area contributed by atoms with Gasteiger partial charge in [-0.15, -0.1) is 0 Å². The summed E-state index contributed by atoms with van der Waals surface area (Å²) in [6.07, 6.45) is 1.32. The molecule has 2 unspecified atom stereocenters. The molecule has 0 fully saturated rings. The van der Waals surface area contributed by atoms with Gasteiger partial charge in [0, 0.05) is 5.69 Å². The summed E-state index contributed by atoms with van der Waals surface area (Å²) in [5.74, 6) is -0.237. The van der Waals surface area contributed by atoms with Crippen molar-refractivity contribution in [2.75, 3.05) is 11.9 Å². The van der Waals surface area contributed by atoms with E-state index in [2.05, 4.69) is 41.0 Å². The molecule has 3 aromatic carbocycles. The average Bonchev–Trinajstić information content (AvgIpc) is 2.96. The molecule has 1 heterocycles. The summed E-state index contributed by atoms with van der Waals surface area (Å²) >= 11 is 0. The fraction of sp³-hybridized carbons (Fsp3) is 0.259. The first-order valence-electron chi connectivity index (χ1n) is 11.1. The Morgan fingerprint density at radius 1 is 1.00 bits per heavy atom. The summed E-state index contributed by atoms with van der Waals surface area (Å²) in [5, 5.41) is 5.89. The maximum absolute atomic E-state index is 13.6. The number of rotatable bonds is 6. The van der Waals surface area contributed by atoms with Gasteiger partial charge in [-0.25, -0.2) is 0 Å². The van der Waals surface area contributed by atoms with E-state index in [0.29, 0.717) is 13.0 Å². The van der Waals surface area contributed by atoms with Crippen molar-refractivity contribution in [3.63, 3.8) is 0 Å². The molecule has 0 radical (unpaired) electrons. The fourth-order valence-corrected chi connectivity index (χ4v) is 4.10. The van der Waals surface area contributed by atoms with Gasteiger partial charge in [0.25, 0.3) is 0 Å². The lowest BCUT2D eigenvalue weighted by Crippen LogP contribution is -2.52. The zero-order valence-corrected chi connectivity index (χ0v) is 18.5. The average molecular weight is 428 g/mol. The van der Waals surface area contributed by atoms with E-state index in [1.807, 2.05) is 53.4 Å². The third kappa shape index (κ3) is 4.73. The number of carbonyl (C=O) groups excluding carboxylic acids is 2. The molecule has 0 aliphatic carbocycles. The van der Waals surface area contributed by atoms with Crippen LogP contribution in [-0.2, 0) is 22.6 Å². The van der Waals surface area contributed by atoms with E-state index in [9.17, 15) is 9.59 Å². The van der Waals surface area contributed by atoms with Crippen LogP contribution in [0.4, 0.5) is 5.69 Å². The minimum atomic E-state index is -0.553. The number of anilines is 1. The van der Waals surface area contributed by atoms with Crippen molar-refractivity contribution in [1.29, 1.82) is 0 Å². The molecule has 0 aromatic heterocycles. The summed E-state index contributed by atoms with van der Waals surface area (Å²) in [6, 6.07) is 25.6. The number of amides is 2. The number of hydrogen-bond donors (Lipinski definition) is 2. The van der Waals surface area contributed by atoms with Crippen molar-refractivity contribution in [2.24, 2.45) is 0 Å². The highest BCUT2D eigenvalue weighted by Gasteiger charge is 2.32. The Kier molecular flexibility index (Phi) is 6.66. The number of fused-ring (bicyclic) bond motifs is 1. The van der Waals surface area contributed by atoms with Crippen molar-refractivity contribution in [2.45, 2.75) is 38.4 Å². The van der Waals surface area contributed by atoms with Crippen LogP contribution in [0.15, 0.2) is 78.9 Å². The second-order valence-corrected chi connectivity index (χ2v) is 8.23. The standard InChI is InChI=1S/C27H29N3O2/c1-19(28-2)26(31)29-24-16-15-22-12-6-7-14-25(22)30(27(24)32)18-20-9-8-13-23(17-20)21-10-4-3-5-11-21/h3-14,17,19,24,28H,15-16,18H2,1-2H3,(H,29,31). The maximum atomic E-state index is 13.6. The first kappa shape index (κ1) is 21.8. The van der Waals surface area contributed by atoms with E-state index in [1.54, 1.807) is 14.0 Å². The van der Waals surface area contributed by atoms with Crippen molar-refractivity contribution in [3.8, 4) is 11.1 Å². The van der Waals surface area contributed by atoms with Crippen LogP contribution in [0.3, 0.4) is 0 Å². The normalized spacial score (nSPS) is 16.8. The maximum Gasteiger partial charge on any atom is 0.249 e. The summed E-state index contributed by atoms with van der Waals surface area (Å²) in [7, 11) is 1.74. The number of aryl methyl sites for hydroxylation is 1. The van der Waals surface area contributed by atoms with Crippen LogP contribution in [0.1, 0.15) is 24.5 Å². The first-order chi connectivity index (χ1) is 15.6. The molecule has 5 heteroatoms. The number of para-hydroxylation sites is 1. The van der Waals surface area contributed by atoms with Crippen LogP contribution in [0.5, 0.6) is 0 Å². The van der Waals surface area contributed by atoms with Gasteiger partial charge < -0.3 is 15.5 Å². The van der Waals surface area contributed by atoms with Gasteiger partial charge in [0.15, 0.2) is 0 Å². The van der Waals surface area contributed by atoms with Gasteiger partial charge in [-0.2, -0.15) is 0 Å². The zero-order valence-electron chi connectivity index (χ0n) is 18.5. The third-order valence-electron chi connectivity index (χ3n) is 6.07. The van der Waals surface area contributed by atoms with E-state index >= 15 is 0 Å². The molecule has 0 saturated heterocycles. The fourth-order valence-electron chi connectivity index (χ4n) is 4.10. The summed E-state index contributed by atoms with van der Waals surface area (Å²) < 4.78 is 0. The van der Waals surface area contributed by atoms with Crippen molar-refractivity contribution in [3.05, 3.63) is 90.0 Å². The molecule has 1 aliphatic rings. The van der Waals surface area contributed by atoms with Crippen LogP contribution in [0.25, 0.3) is 11.1 Å². The highest BCUT2D eigenvalue weighted by Crippen LogP contribution is 2.29. The van der Waals surface area contributed by atoms with Crippen molar-refractivity contribution in [1.82, 2.24) is 10.6 Å². The van der Waals surface area contributed by atoms with E-state index in [1.165, 1.54) is 0 Å². The van der Waals surface area contributed by atoms with E-state index in [-0.39, 0.29) is 17.9 Å². The monoisotopic (exact) mass is 427 g/mol. The number of benzene rings is 3. The molecule has 2 N–H and O–H groups in total. The molecule has 5 nitrogen and oxygen atoms in total. The smallest absolute Gasteiger partial charge is 0.249 e. The van der Waals surface area contributed by atoms with E-state index < -0.39 is 6.04 Å². The molecule has 4 rings (SSSR count). The molecule has 0 saturated carbocycles. The minimum Gasteiger partial charge on any atom is -0.343 e. The molecule has 2 amide bonds. The lowest BCUT2D eigenvalue weighted by Gasteiger charge is -2.27. The first-order valence-corrected chi connectivity index (χ1v) is 11.1. The van der Waals surface area contributed by atoms with Crippen molar-refractivity contribution >= 4 is 17.5 Å². The van der Waals surface area contributed by atoms with Gasteiger partial charge in [0.1, 0.15) is 6.04 Å². The lowest BCUT2D eigenvalue weighted by molar-refractivity contribution is -0.128. The van der Waals surface area contributed by atoms with Gasteiger partial charge in [-0.3, -0.25) is 9.59 Å². The topological polar surface area (TPSA) is 61.4 Å². The number of carbonyl (C=O) groups is 2. The Labute approximate surface area is 189 Å². The van der Waals surface area contributed by atoms with Crippen LogP contribution in [0, 0.1) is 0 Å². The molecule has 164 valence electrons. The number of likely N-dealkylation sites (N-methyl/N-ethyl adjacent to an activating group) is 1. The largest absolute Gasteiger partial charge is 0.343 e. The van der Waals surface area contributed by atoms with Gasteiger partial charge in [-0.1, -0.05) is 66.7 Å². The predicted octanol–water partition coefficient (Wildman–Crippen LogP) is 3.93. The van der Waals surface area contributed by atoms with Crippen molar-refractivity contribution < 1.29 is 9.59 Å². The molecule has 3 aromatic rings. The number of nitrogens with zero attached hydrogens (tertiary/aromatic N) is 1. The molecule has 2 atom stereocenters. The van der Waals surface area contributed by atoms with Gasteiger partial charge in [0.2, 0.25) is 11.8 Å². The van der Waals surface area contributed by atoms with Gasteiger partial charge in [-0.05, 0) is 61.2 Å². The molecule has 0 bridgehead atoms. The predicted molar refractivity (Wildman–Crippen MR) is 128 cm³/mol. The zero-order chi connectivity index (χ0) is 22.5. The highest BCUT2D eigenvalue weighted by molar-refractivity contribution is 6.00. The van der Waals surface area contributed by atoms with Crippen LogP contribution >= 0.6 is 0 Å². The Hall–Kier alpha value is -3.44. The Morgan fingerprint density at radius 2 is 1.72 bits per heavy atom. The number of hydrogen-bond acceptors (Lipinski definition) is 3. The quantitative estimate of drug-likeness (QED) is 0.627. The summed E-state index contributed by atoms with van der Waals surface area (Å²) in [4.78, 5) is 27.9. The molecular weight excluding hydrogens is 398 g/mol. The minimum absolute atomic E-state index is 0.0725. The van der Waals surface area contributed by atoms with Crippen LogP contribution in [0.2, 0.25) is 0 Å². The van der Waals surface area contributed by atoms with Crippen LogP contribution in [-0.4, -0.2) is 30.9 Å². The SMILES string of the molecule is CNC(C)C(=O)NC1CCc2ccccc2N(Cc2cccc(-c3ccccc3)c2)C1=O. The van der Waals surface area contributed by atoms with E-state index in [4.69, 9.17) is 0 Å². The summed E-state index contributed by atoms with van der Waals surface area (Å²) in [5.41, 5.74) is 5.35. The number of nitrogens with one attached hydrogen (secondary N) is 2. The Bertz CT molecular complexity index is 1100. The molecular formula is C27H29N3O2. The van der Waals surface area contributed by atoms with Gasteiger partial charge in [0.05, 0.1) is 12.6 Å². The third-order valence-corrected chi connectivity index (χ3v) is 6.07. The lowest BCUT2D eigenvalue weighted by atomic mass is 10.0. The second-order valence-electron chi connectivity index (χ2n) is 8.23. The summed E-state index contributed by atoms with van der Waals surface area (Å²) in [6.45, 7) is 2.24. The Morgan fingerprint density at radius 3 is 2.50 bits per heavy atom. The molecule has 32 heavy (non-hydrogen) atoms. The van der Waals surface area contributed by atoms with E-state index in [0.717, 1.165) is 34.4 Å².